The molecule has 0 heterocycles. The number of carboxylic acids is 1. The summed E-state index contributed by atoms with van der Waals surface area (Å²) in [5.74, 6) is -0.120. The molecule has 110 valence electrons. The Morgan fingerprint density at radius 3 is 2.52 bits per heavy atom. The molecule has 0 amide bonds. The van der Waals surface area contributed by atoms with Crippen molar-refractivity contribution in [2.75, 3.05) is 0 Å². The summed E-state index contributed by atoms with van der Waals surface area (Å²) in [6.45, 7) is 6.25. The van der Waals surface area contributed by atoms with Gasteiger partial charge in [0.25, 0.3) is 0 Å². The summed E-state index contributed by atoms with van der Waals surface area (Å²) in [7, 11) is 0. The lowest BCUT2D eigenvalue weighted by molar-refractivity contribution is 0.0694. The fraction of sp³-hybridized carbons (Fsp3) is 0.235. The first-order chi connectivity index (χ1) is 9.91. The van der Waals surface area contributed by atoms with E-state index in [-0.39, 0.29) is 12.2 Å². The van der Waals surface area contributed by atoms with Gasteiger partial charge in [-0.15, -0.1) is 0 Å². The van der Waals surface area contributed by atoms with E-state index >= 15 is 0 Å². The second kappa shape index (κ2) is 6.31. The zero-order valence-corrected chi connectivity index (χ0v) is 13.8. The van der Waals surface area contributed by atoms with Crippen LogP contribution < -0.4 is 4.74 Å². The minimum absolute atomic E-state index is 0.241. The molecule has 0 aromatic heterocycles. The van der Waals surface area contributed by atoms with E-state index in [1.807, 2.05) is 32.9 Å². The fourth-order valence-electron chi connectivity index (χ4n) is 2.24. The smallest absolute Gasteiger partial charge is 0.336 e. The van der Waals surface area contributed by atoms with Crippen molar-refractivity contribution >= 4 is 21.9 Å². The first-order valence-electron chi connectivity index (χ1n) is 6.62. The number of benzene rings is 2. The van der Waals surface area contributed by atoms with Gasteiger partial charge >= 0.3 is 5.97 Å². The number of halogens is 1. The maximum absolute atomic E-state index is 11.2. The molecule has 1 N–H and O–H groups in total. The van der Waals surface area contributed by atoms with Gasteiger partial charge in [0.05, 0.1) is 5.56 Å². The average Bonchev–Trinajstić information content (AvgIpc) is 2.45. The van der Waals surface area contributed by atoms with Crippen LogP contribution in [0.15, 0.2) is 34.8 Å². The van der Waals surface area contributed by atoms with Crippen molar-refractivity contribution in [1.29, 1.82) is 0 Å². The van der Waals surface area contributed by atoms with Gasteiger partial charge in [0, 0.05) is 10.0 Å². The third-order valence-corrected chi connectivity index (χ3v) is 4.41. The predicted octanol–water partition coefficient (Wildman–Crippen LogP) is 4.65. The first kappa shape index (κ1) is 15.6. The first-order valence-corrected chi connectivity index (χ1v) is 7.41. The van der Waals surface area contributed by atoms with E-state index in [0.717, 1.165) is 26.9 Å². The lowest BCUT2D eigenvalue weighted by atomic mass is 10.0. The van der Waals surface area contributed by atoms with Gasteiger partial charge in [-0.2, -0.15) is 0 Å². The Kier molecular flexibility index (Phi) is 4.68. The van der Waals surface area contributed by atoms with Crippen LogP contribution in [-0.4, -0.2) is 11.1 Å². The van der Waals surface area contributed by atoms with Crippen LogP contribution in [0.1, 0.15) is 32.6 Å². The van der Waals surface area contributed by atoms with Gasteiger partial charge in [-0.1, -0.05) is 34.1 Å². The standard InChI is InChI=1S/C17H17BrO3/c1-10-8-15(18)11(2)12(3)16(10)21-9-13-6-4-5-7-14(13)17(19)20/h4-8H,9H2,1-3H3,(H,19,20). The molecule has 2 aromatic rings. The van der Waals surface area contributed by atoms with Crippen LogP contribution in [0.25, 0.3) is 0 Å². The third-order valence-electron chi connectivity index (χ3n) is 3.58. The van der Waals surface area contributed by atoms with Crippen LogP contribution in [0, 0.1) is 20.8 Å². The quantitative estimate of drug-likeness (QED) is 0.874. The van der Waals surface area contributed by atoms with Crippen LogP contribution in [0.2, 0.25) is 0 Å². The summed E-state index contributed by atoms with van der Waals surface area (Å²) >= 11 is 3.52. The molecule has 2 rings (SSSR count). The summed E-state index contributed by atoms with van der Waals surface area (Å²) in [6.07, 6.45) is 0. The summed E-state index contributed by atoms with van der Waals surface area (Å²) in [6, 6.07) is 8.92. The lowest BCUT2D eigenvalue weighted by Gasteiger charge is -2.16. The van der Waals surface area contributed by atoms with Crippen LogP contribution in [0.3, 0.4) is 0 Å². The summed E-state index contributed by atoms with van der Waals surface area (Å²) in [5, 5.41) is 9.19. The van der Waals surface area contributed by atoms with E-state index in [4.69, 9.17) is 4.74 Å². The molecular formula is C17H17BrO3. The predicted molar refractivity (Wildman–Crippen MR) is 86.1 cm³/mol. The summed E-state index contributed by atoms with van der Waals surface area (Å²) in [5.41, 5.74) is 4.17. The molecule has 0 aliphatic heterocycles. The number of carboxylic acid groups (broad SMARTS) is 1. The highest BCUT2D eigenvalue weighted by Gasteiger charge is 2.13. The van der Waals surface area contributed by atoms with Crippen molar-refractivity contribution < 1.29 is 14.6 Å². The number of carbonyl (C=O) groups is 1. The Morgan fingerprint density at radius 1 is 1.19 bits per heavy atom. The van der Waals surface area contributed by atoms with E-state index in [1.54, 1.807) is 18.2 Å². The molecule has 0 spiro atoms. The van der Waals surface area contributed by atoms with Gasteiger partial charge in [-0.25, -0.2) is 4.79 Å². The van der Waals surface area contributed by atoms with Crippen LogP contribution >= 0.6 is 15.9 Å². The Morgan fingerprint density at radius 2 is 1.86 bits per heavy atom. The highest BCUT2D eigenvalue weighted by atomic mass is 79.9. The van der Waals surface area contributed by atoms with E-state index in [1.165, 1.54) is 0 Å². The molecule has 0 saturated heterocycles. The Bertz CT molecular complexity index is 693. The average molecular weight is 349 g/mol. The monoisotopic (exact) mass is 348 g/mol. The fourth-order valence-corrected chi connectivity index (χ4v) is 2.88. The van der Waals surface area contributed by atoms with Crippen molar-refractivity contribution in [1.82, 2.24) is 0 Å². The Balaban J connectivity index is 2.30. The maximum atomic E-state index is 11.2. The second-order valence-electron chi connectivity index (χ2n) is 5.01. The molecule has 3 nitrogen and oxygen atoms in total. The minimum atomic E-state index is -0.936. The summed E-state index contributed by atoms with van der Waals surface area (Å²) < 4.78 is 6.95. The van der Waals surface area contributed by atoms with E-state index in [9.17, 15) is 9.90 Å². The van der Waals surface area contributed by atoms with Crippen molar-refractivity contribution in [3.05, 3.63) is 62.6 Å². The third kappa shape index (κ3) is 3.27. The molecule has 0 aliphatic carbocycles. The van der Waals surface area contributed by atoms with Crippen molar-refractivity contribution in [2.24, 2.45) is 0 Å². The Hall–Kier alpha value is -1.81. The van der Waals surface area contributed by atoms with Gasteiger partial charge in [0.2, 0.25) is 0 Å². The molecular weight excluding hydrogens is 332 g/mol. The van der Waals surface area contributed by atoms with E-state index in [2.05, 4.69) is 15.9 Å². The van der Waals surface area contributed by atoms with Gasteiger partial charge < -0.3 is 9.84 Å². The largest absolute Gasteiger partial charge is 0.488 e. The van der Waals surface area contributed by atoms with Gasteiger partial charge in [0.15, 0.2) is 0 Å². The maximum Gasteiger partial charge on any atom is 0.336 e. The molecule has 0 saturated carbocycles. The van der Waals surface area contributed by atoms with Crippen LogP contribution in [-0.2, 0) is 6.61 Å². The molecule has 0 bridgehead atoms. The van der Waals surface area contributed by atoms with E-state index in [0.29, 0.717) is 5.56 Å². The van der Waals surface area contributed by atoms with Gasteiger partial charge in [0.1, 0.15) is 12.4 Å². The number of hydrogen-bond donors (Lipinski definition) is 1. The van der Waals surface area contributed by atoms with E-state index < -0.39 is 5.97 Å². The minimum Gasteiger partial charge on any atom is -0.488 e. The molecule has 21 heavy (non-hydrogen) atoms. The van der Waals surface area contributed by atoms with Crippen molar-refractivity contribution in [3.8, 4) is 5.75 Å². The molecule has 0 atom stereocenters. The number of rotatable bonds is 4. The topological polar surface area (TPSA) is 46.5 Å². The second-order valence-corrected chi connectivity index (χ2v) is 5.86. The summed E-state index contributed by atoms with van der Waals surface area (Å²) in [4.78, 5) is 11.2. The van der Waals surface area contributed by atoms with Crippen molar-refractivity contribution in [3.63, 3.8) is 0 Å². The zero-order valence-electron chi connectivity index (χ0n) is 12.2. The molecule has 2 aromatic carbocycles. The van der Waals surface area contributed by atoms with Gasteiger partial charge in [-0.3, -0.25) is 0 Å². The highest BCUT2D eigenvalue weighted by molar-refractivity contribution is 9.10. The van der Waals surface area contributed by atoms with Crippen molar-refractivity contribution in [2.45, 2.75) is 27.4 Å². The normalized spacial score (nSPS) is 10.5. The number of ether oxygens (including phenoxy) is 1. The molecule has 0 fully saturated rings. The lowest BCUT2D eigenvalue weighted by Crippen LogP contribution is -2.06. The number of aryl methyl sites for hydroxylation is 1. The Labute approximate surface area is 132 Å². The van der Waals surface area contributed by atoms with Crippen LogP contribution in [0.4, 0.5) is 0 Å². The molecule has 0 unspecified atom stereocenters. The zero-order chi connectivity index (χ0) is 15.6. The van der Waals surface area contributed by atoms with Crippen LogP contribution in [0.5, 0.6) is 5.75 Å². The molecule has 0 aliphatic rings. The molecule has 4 heteroatoms. The highest BCUT2D eigenvalue weighted by Crippen LogP contribution is 2.32. The SMILES string of the molecule is Cc1cc(Br)c(C)c(C)c1OCc1ccccc1C(=O)O. The van der Waals surface area contributed by atoms with Gasteiger partial charge in [-0.05, 0) is 49.6 Å². The number of hydrogen-bond acceptors (Lipinski definition) is 2. The number of aromatic carboxylic acids is 1. The molecule has 0 radical (unpaired) electrons.